The van der Waals surface area contributed by atoms with Crippen LogP contribution in [0.15, 0.2) is 72.1 Å². The van der Waals surface area contributed by atoms with Crippen molar-refractivity contribution in [2.75, 3.05) is 37.9 Å². The molecule has 0 amide bonds. The topological polar surface area (TPSA) is 181 Å². The summed E-state index contributed by atoms with van der Waals surface area (Å²) in [5.41, 5.74) is 7.80. The fourth-order valence-electron chi connectivity index (χ4n) is 12.6. The Balaban J connectivity index is 1.08. The normalized spacial score (nSPS) is 32.3. The number of aliphatic hydroxyl groups excluding tert-OH is 1. The molecule has 6 aliphatic rings. The van der Waals surface area contributed by atoms with E-state index in [-0.39, 0.29) is 54.3 Å². The highest BCUT2D eigenvalue weighted by Crippen LogP contribution is 2.60. The molecule has 1 saturated heterocycles. The zero-order chi connectivity index (χ0) is 45.5. The van der Waals surface area contributed by atoms with Crippen molar-refractivity contribution in [3.8, 4) is 0 Å². The van der Waals surface area contributed by atoms with Crippen LogP contribution in [0.1, 0.15) is 128 Å². The number of aromatic nitrogens is 2. The molecule has 4 bridgehead atoms. The highest BCUT2D eigenvalue weighted by Gasteiger charge is 2.86. The number of nitrogen functional groups attached to an aromatic ring is 1. The minimum atomic E-state index is -2.17. The van der Waals surface area contributed by atoms with E-state index in [9.17, 15) is 5.11 Å². The summed E-state index contributed by atoms with van der Waals surface area (Å²) in [6.07, 6.45) is 19.9. The van der Waals surface area contributed by atoms with E-state index in [0.29, 0.717) is 54.8 Å². The second kappa shape index (κ2) is 18.5. The van der Waals surface area contributed by atoms with Crippen molar-refractivity contribution in [3.05, 3.63) is 105 Å². The molecule has 1 saturated carbocycles. The summed E-state index contributed by atoms with van der Waals surface area (Å²) in [7, 11) is 1.94. The van der Waals surface area contributed by atoms with E-state index in [1.54, 1.807) is 6.07 Å². The Morgan fingerprint density at radius 3 is 2.69 bits per heavy atom. The van der Waals surface area contributed by atoms with Crippen molar-refractivity contribution < 1.29 is 29.0 Å². The number of pyridine rings is 2. The van der Waals surface area contributed by atoms with Crippen LogP contribution < -0.4 is 21.7 Å². The molecule has 12 heteroatoms. The highest BCUT2D eigenvalue weighted by atomic mass is 16.7. The number of hydrogen-bond acceptors (Lipinski definition) is 12. The highest BCUT2D eigenvalue weighted by molar-refractivity contribution is 6.33. The summed E-state index contributed by atoms with van der Waals surface area (Å²) in [5, 5.41) is 21.5. The van der Waals surface area contributed by atoms with Gasteiger partial charge in [0, 0.05) is 41.9 Å². The lowest BCUT2D eigenvalue weighted by atomic mass is 9.63. The van der Waals surface area contributed by atoms with Crippen molar-refractivity contribution in [2.45, 2.75) is 134 Å². The molecule has 2 aromatic heterocycles. The van der Waals surface area contributed by atoms with E-state index in [0.717, 1.165) is 86.9 Å². The van der Waals surface area contributed by atoms with Crippen molar-refractivity contribution in [2.24, 2.45) is 29.1 Å². The Labute approximate surface area is 384 Å². The van der Waals surface area contributed by atoms with Crippen molar-refractivity contribution in [3.63, 3.8) is 0 Å². The number of rotatable bonds is 11. The Morgan fingerprint density at radius 1 is 1.05 bits per heavy atom. The number of aliphatic hydroxyl groups is 1. The van der Waals surface area contributed by atoms with Crippen LogP contribution in [0.25, 0.3) is 0 Å². The lowest BCUT2D eigenvalue weighted by Gasteiger charge is -2.45. The molecule has 1 aromatic carbocycles. The van der Waals surface area contributed by atoms with Gasteiger partial charge < -0.3 is 36.3 Å². The molecule has 6 N–H and O–H groups in total. The Morgan fingerprint density at radius 2 is 1.91 bits per heavy atom. The Hall–Kier alpha value is -4.75. The molecule has 1 spiro atoms. The molecule has 9 rings (SSSR count). The monoisotopic (exact) mass is 885 g/mol. The first kappa shape index (κ1) is 45.4. The molecule has 0 radical (unpaired) electrons. The van der Waals surface area contributed by atoms with Crippen LogP contribution in [0.4, 0.5) is 11.6 Å². The Kier molecular flexibility index (Phi) is 12.9. The molecule has 3 aromatic rings. The molecular weight excluding hydrogens is 817 g/mol. The van der Waals surface area contributed by atoms with Crippen LogP contribution in [0.3, 0.4) is 0 Å². The van der Waals surface area contributed by atoms with Gasteiger partial charge in [-0.15, -0.1) is 0 Å². The van der Waals surface area contributed by atoms with E-state index in [1.165, 1.54) is 11.1 Å². The number of ketones is 2. The minimum absolute atomic E-state index is 0.0387. The standard InChI is InChI=1S/C53H68N6O6/c1-5-56-43-25-36-12-8-11-34-10-6-7-22-51(3,26-33-16-19-44(54)58-29-33)27-37-13-9-14-41-46(37)48(62)53(50(63)64-31-38(43)24-42(34)36)52(65-53,47(41)61)28-39(30-60)32(2)15-17-35-21-23-57-49-40(35)18-20-45(55-4)59-49/h8-9,12-14,16,19,21,23,29,34,36,38,42-43,45,55-56,60H,5-7,10-11,15,17-18,20,22,24-28,30-31H2,1-4H3,(H2,54,58)(H,57,59)/b39-32-/t34-,36+,38+,42+,43-,45-,51+,52-,53-/m0/s1. The van der Waals surface area contributed by atoms with Crippen LogP contribution in [0, 0.1) is 29.1 Å². The number of allylic oxidation sites excluding steroid dienone is 3. The summed E-state index contributed by atoms with van der Waals surface area (Å²) < 4.78 is 12.9. The number of epoxide rings is 1. The van der Waals surface area contributed by atoms with Gasteiger partial charge in [-0.3, -0.25) is 9.59 Å². The SMILES string of the molecule is CCN[C@H]1C[C@H]2C=CC[C@@H]3CCCC[C@](C)(Cc4ccc(N)nc4)Cc4cccc5c4C(=O)[C@]4(O[C@@]4(C/C(CO)=C(\C)CCc4ccnc6c4CC[C@@H](NC)N6)C5=O)C(=O)OC[C@H]1C[C@H]32. The van der Waals surface area contributed by atoms with E-state index >= 15 is 14.4 Å². The largest absolute Gasteiger partial charge is 0.463 e. The zero-order valence-corrected chi connectivity index (χ0v) is 38.7. The smallest absolute Gasteiger partial charge is 0.350 e. The summed E-state index contributed by atoms with van der Waals surface area (Å²) >= 11 is 0. The van der Waals surface area contributed by atoms with Crippen molar-refractivity contribution >= 4 is 29.2 Å². The number of ether oxygens (including phenoxy) is 2. The van der Waals surface area contributed by atoms with Gasteiger partial charge in [0.05, 0.1) is 19.4 Å². The number of benzene rings is 1. The summed E-state index contributed by atoms with van der Waals surface area (Å²) in [4.78, 5) is 54.8. The molecule has 0 unspecified atom stereocenters. The van der Waals surface area contributed by atoms with Crippen molar-refractivity contribution in [1.82, 2.24) is 20.6 Å². The lowest BCUT2D eigenvalue weighted by molar-refractivity contribution is -0.150. The number of carbonyl (C=O) groups excluding carboxylic acids is 3. The maximum Gasteiger partial charge on any atom is 0.350 e. The maximum atomic E-state index is 15.5. The third-order valence-electron chi connectivity index (χ3n) is 16.2. The van der Waals surface area contributed by atoms with E-state index < -0.39 is 28.7 Å². The molecule has 12 nitrogen and oxygen atoms in total. The van der Waals surface area contributed by atoms with Crippen molar-refractivity contribution in [1.29, 1.82) is 0 Å². The predicted molar refractivity (Wildman–Crippen MR) is 251 cm³/mol. The molecule has 9 atom stereocenters. The second-order valence-corrected chi connectivity index (χ2v) is 20.4. The summed E-state index contributed by atoms with van der Waals surface area (Å²) in [6.45, 7) is 6.90. The van der Waals surface area contributed by atoms with E-state index in [4.69, 9.17) is 15.2 Å². The van der Waals surface area contributed by atoms with Gasteiger partial charge in [-0.05, 0) is 154 Å². The van der Waals surface area contributed by atoms with Crippen LogP contribution >= 0.6 is 0 Å². The van der Waals surface area contributed by atoms with E-state index in [1.807, 2.05) is 56.7 Å². The number of anilines is 2. The first-order valence-electron chi connectivity index (χ1n) is 24.3. The molecular formula is C53H68N6O6. The van der Waals surface area contributed by atoms with Gasteiger partial charge in [-0.2, -0.15) is 0 Å². The van der Waals surface area contributed by atoms with Gasteiger partial charge in [-0.25, -0.2) is 14.8 Å². The first-order chi connectivity index (χ1) is 31.4. The second-order valence-electron chi connectivity index (χ2n) is 20.4. The third-order valence-corrected chi connectivity index (χ3v) is 16.2. The van der Waals surface area contributed by atoms with Gasteiger partial charge in [0.2, 0.25) is 5.78 Å². The van der Waals surface area contributed by atoms with Crippen LogP contribution in [-0.2, 0) is 40.0 Å². The number of hydrogen-bond donors (Lipinski definition) is 5. The van der Waals surface area contributed by atoms with Gasteiger partial charge in [0.25, 0.3) is 5.60 Å². The molecule has 3 aliphatic carbocycles. The Bertz CT molecular complexity index is 2360. The van der Waals surface area contributed by atoms with Crippen LogP contribution in [-0.4, -0.2) is 82.8 Å². The average Bonchev–Trinajstić information content (AvgIpc) is 4.01. The fraction of sp³-hybridized carbons (Fsp3) is 0.566. The number of carbonyl (C=O) groups is 3. The first-order valence-corrected chi connectivity index (χ1v) is 24.3. The average molecular weight is 885 g/mol. The van der Waals surface area contributed by atoms with Crippen LogP contribution in [0.2, 0.25) is 0 Å². The fourth-order valence-corrected chi connectivity index (χ4v) is 12.6. The number of nitrogens with one attached hydrogen (secondary N) is 3. The maximum absolute atomic E-state index is 15.5. The predicted octanol–water partition coefficient (Wildman–Crippen LogP) is 7.29. The number of nitrogens with two attached hydrogens (primary N) is 1. The summed E-state index contributed by atoms with van der Waals surface area (Å²) in [6, 6.07) is 11.5. The third kappa shape index (κ3) is 8.49. The van der Waals surface area contributed by atoms with Gasteiger partial charge >= 0.3 is 5.97 Å². The molecule has 65 heavy (non-hydrogen) atoms. The van der Waals surface area contributed by atoms with Gasteiger partial charge in [-0.1, -0.05) is 68.7 Å². The van der Waals surface area contributed by atoms with E-state index in [2.05, 4.69) is 51.9 Å². The molecule has 5 heterocycles. The number of fused-ring (bicyclic) bond motifs is 2. The van der Waals surface area contributed by atoms with Gasteiger partial charge in [0.1, 0.15) is 11.6 Å². The zero-order valence-electron chi connectivity index (χ0n) is 38.7. The summed E-state index contributed by atoms with van der Waals surface area (Å²) in [5.74, 6) is 1.11. The molecule has 346 valence electrons. The molecule has 2 fully saturated rings. The lowest BCUT2D eigenvalue weighted by Crippen LogP contribution is -2.52. The molecule has 3 aliphatic heterocycles. The quantitative estimate of drug-likeness (QED) is 0.0563. The number of Topliss-reactive ketones (excluding diaryl/α,β-unsaturated/α-hetero) is 2. The number of esters is 1. The number of aryl methyl sites for hydroxylation is 1. The number of nitrogens with zero attached hydrogens (tertiary/aromatic N) is 2. The van der Waals surface area contributed by atoms with Gasteiger partial charge in [0.15, 0.2) is 11.4 Å². The minimum Gasteiger partial charge on any atom is -0.463 e. The van der Waals surface area contributed by atoms with Crippen LogP contribution in [0.5, 0.6) is 0 Å². The number of cyclic esters (lactones) is 1.